The van der Waals surface area contributed by atoms with Gasteiger partial charge in [-0.1, -0.05) is 38.5 Å². The number of aliphatic imine (C=N–C) groups is 1. The van der Waals surface area contributed by atoms with E-state index in [0.29, 0.717) is 49.5 Å². The zero-order valence-corrected chi connectivity index (χ0v) is 41.9. The predicted molar refractivity (Wildman–Crippen MR) is 258 cm³/mol. The first kappa shape index (κ1) is 56.5. The summed E-state index contributed by atoms with van der Waals surface area (Å²) < 4.78 is 34.3. The Morgan fingerprint density at radius 2 is 0.879 bits per heavy atom. The maximum atomic E-state index is 14.0. The van der Waals surface area contributed by atoms with Crippen LogP contribution in [0.15, 0.2) is 53.5 Å². The summed E-state index contributed by atoms with van der Waals surface area (Å²) in [6.45, 7) is 23.8. The summed E-state index contributed by atoms with van der Waals surface area (Å²) in [6, 6.07) is 14.3. The van der Waals surface area contributed by atoms with Crippen LogP contribution < -0.4 is 14.8 Å². The van der Waals surface area contributed by atoms with E-state index in [1.807, 2.05) is 24.3 Å². The van der Waals surface area contributed by atoms with E-state index in [1.54, 1.807) is 114 Å². The van der Waals surface area contributed by atoms with E-state index in [4.69, 9.17) is 39.2 Å². The third-order valence-electron chi connectivity index (χ3n) is 8.94. The molecule has 0 aliphatic rings. The first-order valence-electron chi connectivity index (χ1n) is 23.1. The monoisotopic (exact) mass is 923 g/mol. The molecule has 3 N–H and O–H groups in total. The average molecular weight is 923 g/mol. The number of unbranched alkanes of at least 4 members (excludes halogenated alkanes) is 8. The summed E-state index contributed by atoms with van der Waals surface area (Å²) in [5.74, 6) is 1.08. The molecule has 0 atom stereocenters. The Kier molecular flexibility index (Phi) is 22.6. The number of nitrogens with zero attached hydrogens (tertiary/aromatic N) is 3. The van der Waals surface area contributed by atoms with Gasteiger partial charge in [-0.3, -0.25) is 10.7 Å². The molecule has 0 aliphatic carbocycles. The van der Waals surface area contributed by atoms with Gasteiger partial charge in [0.2, 0.25) is 5.96 Å². The zero-order valence-electron chi connectivity index (χ0n) is 41.9. The normalized spacial score (nSPS) is 12.1. The van der Waals surface area contributed by atoms with E-state index >= 15 is 0 Å². The van der Waals surface area contributed by atoms with E-state index in [2.05, 4.69) is 10.3 Å². The highest BCUT2D eigenvalue weighted by Crippen LogP contribution is 2.21. The molecule has 66 heavy (non-hydrogen) atoms. The number of amides is 4. The molecule has 0 spiro atoms. The molecule has 0 fully saturated rings. The molecule has 2 aromatic carbocycles. The summed E-state index contributed by atoms with van der Waals surface area (Å²) in [5.41, 5.74) is -1.50. The van der Waals surface area contributed by atoms with Gasteiger partial charge in [0.15, 0.2) is 0 Å². The second kappa shape index (κ2) is 26.5. The van der Waals surface area contributed by atoms with E-state index in [0.717, 1.165) is 56.3 Å². The third kappa shape index (κ3) is 24.6. The van der Waals surface area contributed by atoms with Gasteiger partial charge in [-0.15, -0.1) is 4.99 Å². The lowest BCUT2D eigenvalue weighted by molar-refractivity contribution is 0.0271. The van der Waals surface area contributed by atoms with Gasteiger partial charge in [-0.25, -0.2) is 29.0 Å². The van der Waals surface area contributed by atoms with Crippen LogP contribution in [0.3, 0.4) is 0 Å². The van der Waals surface area contributed by atoms with Crippen LogP contribution >= 0.6 is 0 Å². The van der Waals surface area contributed by atoms with Crippen LogP contribution in [0.2, 0.25) is 0 Å². The van der Waals surface area contributed by atoms with Crippen molar-refractivity contribution in [2.45, 2.75) is 177 Å². The number of rotatable bonds is 20. The molecule has 0 unspecified atom stereocenters. The first-order chi connectivity index (χ1) is 30.6. The number of alkyl carbamates (subject to hydrolysis) is 1. The molecule has 2 rings (SSSR count). The van der Waals surface area contributed by atoms with Gasteiger partial charge >= 0.3 is 24.4 Å². The molecule has 0 radical (unpaired) electrons. The number of hydrogen-bond donors (Lipinski definition) is 3. The lowest BCUT2D eigenvalue weighted by atomic mass is 10.1. The van der Waals surface area contributed by atoms with Crippen LogP contribution in [0.1, 0.15) is 165 Å². The molecule has 0 aliphatic heterocycles. The lowest BCUT2D eigenvalue weighted by Crippen LogP contribution is -2.53. The molecule has 0 bridgehead atoms. The molecular weight excluding hydrogens is 845 g/mol. The second-order valence-corrected chi connectivity index (χ2v) is 20.1. The van der Waals surface area contributed by atoms with Gasteiger partial charge in [0.05, 0.1) is 13.2 Å². The minimum atomic E-state index is -0.965. The number of hydrogen-bond acceptors (Lipinski definition) is 12. The minimum Gasteiger partial charge on any atom is -0.494 e. The van der Waals surface area contributed by atoms with Crippen molar-refractivity contribution in [2.75, 3.05) is 26.3 Å². The Morgan fingerprint density at radius 1 is 0.515 bits per heavy atom. The second-order valence-electron chi connectivity index (χ2n) is 20.1. The fraction of sp³-hybridized carbons (Fsp3) is 0.620. The van der Waals surface area contributed by atoms with E-state index < -0.39 is 46.8 Å². The molecule has 16 nitrogen and oxygen atoms in total. The van der Waals surface area contributed by atoms with E-state index in [9.17, 15) is 19.2 Å². The van der Waals surface area contributed by atoms with Crippen molar-refractivity contribution in [3.8, 4) is 11.5 Å². The van der Waals surface area contributed by atoms with Crippen molar-refractivity contribution in [3.05, 3.63) is 59.7 Å². The van der Waals surface area contributed by atoms with Crippen molar-refractivity contribution in [2.24, 2.45) is 4.99 Å². The Labute approximate surface area is 393 Å². The SMILES string of the molecule is CC(=N)c1ccc(OCCCCCCCN(C(=O)OC(C)(C)C)/C(=N\C(=O)OC(C)(C)C)N(CCCCCCCOc2ccc(C(=N)NC(=O)OC(C)(C)C)cc2)C(=O)OC(C)(C)C)cc1. The zero-order chi connectivity index (χ0) is 49.7. The van der Waals surface area contributed by atoms with Crippen molar-refractivity contribution >= 4 is 41.9 Å². The van der Waals surface area contributed by atoms with Gasteiger partial charge < -0.3 is 33.8 Å². The van der Waals surface area contributed by atoms with Crippen LogP contribution in [0.5, 0.6) is 11.5 Å². The predicted octanol–water partition coefficient (Wildman–Crippen LogP) is 12.0. The highest BCUT2D eigenvalue weighted by molar-refractivity contribution is 6.05. The van der Waals surface area contributed by atoms with E-state index in [-0.39, 0.29) is 24.9 Å². The number of nitrogens with one attached hydrogen (secondary N) is 3. The molecule has 0 saturated heterocycles. The average Bonchev–Trinajstić information content (AvgIpc) is 3.16. The first-order valence-corrected chi connectivity index (χ1v) is 23.1. The maximum absolute atomic E-state index is 14.0. The van der Waals surface area contributed by atoms with Crippen LogP contribution in [-0.2, 0) is 18.9 Å². The summed E-state index contributed by atoms with van der Waals surface area (Å²) >= 11 is 0. The largest absolute Gasteiger partial charge is 0.494 e. The maximum Gasteiger partial charge on any atom is 0.437 e. The topological polar surface area (TPSA) is 202 Å². The Hall–Kier alpha value is -5.67. The Bertz CT molecular complexity index is 1900. The number of guanidine groups is 1. The lowest BCUT2D eigenvalue weighted by Gasteiger charge is -2.34. The molecule has 16 heteroatoms. The molecule has 0 heterocycles. The van der Waals surface area contributed by atoms with E-state index in [1.165, 1.54) is 9.80 Å². The van der Waals surface area contributed by atoms with Gasteiger partial charge in [-0.2, -0.15) is 0 Å². The number of benzene rings is 2. The van der Waals surface area contributed by atoms with Crippen molar-refractivity contribution in [1.29, 1.82) is 10.8 Å². The highest BCUT2D eigenvalue weighted by atomic mass is 16.6. The van der Waals surface area contributed by atoms with Crippen LogP contribution in [-0.4, -0.2) is 100 Å². The van der Waals surface area contributed by atoms with Crippen LogP contribution in [0.4, 0.5) is 19.2 Å². The number of carbonyl (C=O) groups is 4. The number of carbonyl (C=O) groups excluding carboxylic acids is 4. The third-order valence-corrected chi connectivity index (χ3v) is 8.94. The number of ether oxygens (including phenoxy) is 6. The highest BCUT2D eigenvalue weighted by Gasteiger charge is 2.35. The van der Waals surface area contributed by atoms with Gasteiger partial charge in [0.1, 0.15) is 39.7 Å². The summed E-state index contributed by atoms with van der Waals surface area (Å²) in [4.78, 5) is 60.2. The summed E-state index contributed by atoms with van der Waals surface area (Å²) in [6.07, 6.45) is 4.27. The van der Waals surface area contributed by atoms with Crippen LogP contribution in [0, 0.1) is 10.8 Å². The summed E-state index contributed by atoms with van der Waals surface area (Å²) in [5, 5.41) is 18.4. The number of amidine groups is 1. The quantitative estimate of drug-likeness (QED) is 0.0496. The van der Waals surface area contributed by atoms with Gasteiger partial charge in [0, 0.05) is 24.4 Å². The Balaban J connectivity index is 2.13. The smallest absolute Gasteiger partial charge is 0.437 e. The molecule has 0 aromatic heterocycles. The molecule has 368 valence electrons. The molecule has 4 amide bonds. The van der Waals surface area contributed by atoms with Crippen molar-refractivity contribution < 1.29 is 47.6 Å². The standard InChI is InChI=1S/C50H78N6O10/c1-36(51)37-24-28-39(29-25-37)61-34-22-18-14-16-20-32-55(45(59)65-49(8,9)10)42(54-44(58)64-48(5,6)7)56(46(60)66-50(11,12)13)33-21-17-15-19-23-35-62-40-30-26-38(27-31-40)41(52)53-43(57)63-47(2,3)4/h24-31,51H,14-23,32-35H2,1-13H3,(H2,52,53,57)/b51-36?,54-42+. The Morgan fingerprint density at radius 3 is 1.26 bits per heavy atom. The fourth-order valence-electron chi connectivity index (χ4n) is 5.99. The fourth-order valence-corrected chi connectivity index (χ4v) is 5.99. The van der Waals surface area contributed by atoms with Gasteiger partial charge in [-0.05, 0) is 170 Å². The molecule has 0 saturated carbocycles. The molecule has 2 aromatic rings. The van der Waals surface area contributed by atoms with Crippen molar-refractivity contribution in [3.63, 3.8) is 0 Å². The van der Waals surface area contributed by atoms with Crippen LogP contribution in [0.25, 0.3) is 0 Å². The minimum absolute atomic E-state index is 0.0784. The summed E-state index contributed by atoms with van der Waals surface area (Å²) in [7, 11) is 0. The van der Waals surface area contributed by atoms with Crippen molar-refractivity contribution in [1.82, 2.24) is 15.1 Å². The molecular formula is C50H78N6O10. The van der Waals surface area contributed by atoms with Gasteiger partial charge in [0.25, 0.3) is 0 Å².